The zero-order valence-corrected chi connectivity index (χ0v) is 9.01. The smallest absolute Gasteiger partial charge is 0.306 e. The number of carbonyl (C=O) groups is 2. The SMILES string of the molecule is COCCOC(=O)CCC(=O)C[NH3+].[Cl-]. The molecule has 0 unspecified atom stereocenters. The Labute approximate surface area is 89.3 Å². The van der Waals surface area contributed by atoms with Crippen molar-refractivity contribution in [3.8, 4) is 0 Å². The van der Waals surface area contributed by atoms with Gasteiger partial charge in [0.1, 0.15) is 13.2 Å². The number of methoxy groups -OCH3 is 1. The Hall–Kier alpha value is -0.650. The summed E-state index contributed by atoms with van der Waals surface area (Å²) in [6, 6.07) is 0. The quantitative estimate of drug-likeness (QED) is 0.352. The van der Waals surface area contributed by atoms with Gasteiger partial charge in [0.05, 0.1) is 13.0 Å². The summed E-state index contributed by atoms with van der Waals surface area (Å²) < 4.78 is 9.43. The van der Waals surface area contributed by atoms with Crippen LogP contribution in [0, 0.1) is 0 Å². The molecule has 0 aromatic carbocycles. The van der Waals surface area contributed by atoms with Gasteiger partial charge in [-0.15, -0.1) is 0 Å². The topological polar surface area (TPSA) is 80.2 Å². The van der Waals surface area contributed by atoms with Crippen LogP contribution in [-0.2, 0) is 19.1 Å². The minimum Gasteiger partial charge on any atom is -1.00 e. The summed E-state index contributed by atoms with van der Waals surface area (Å²) in [4.78, 5) is 21.6. The van der Waals surface area contributed by atoms with Gasteiger partial charge in [-0.3, -0.25) is 9.59 Å². The van der Waals surface area contributed by atoms with E-state index in [2.05, 4.69) is 10.5 Å². The lowest BCUT2D eigenvalue weighted by Gasteiger charge is -2.02. The van der Waals surface area contributed by atoms with Crippen LogP contribution >= 0.6 is 0 Å². The molecular formula is C8H16ClNO4. The summed E-state index contributed by atoms with van der Waals surface area (Å²) in [6.07, 6.45) is 0.355. The number of carbonyl (C=O) groups excluding carboxylic acids is 2. The number of hydrogen-bond acceptors (Lipinski definition) is 4. The van der Waals surface area contributed by atoms with E-state index in [1.54, 1.807) is 0 Å². The van der Waals surface area contributed by atoms with E-state index < -0.39 is 0 Å². The fraction of sp³-hybridized carbons (Fsp3) is 0.750. The summed E-state index contributed by atoms with van der Waals surface area (Å²) in [5, 5.41) is 0. The van der Waals surface area contributed by atoms with Gasteiger partial charge in [-0.2, -0.15) is 0 Å². The second-order valence-electron chi connectivity index (χ2n) is 2.50. The molecule has 0 aromatic heterocycles. The monoisotopic (exact) mass is 225 g/mol. The molecule has 14 heavy (non-hydrogen) atoms. The first kappa shape index (κ1) is 15.8. The zero-order chi connectivity index (χ0) is 10.1. The van der Waals surface area contributed by atoms with Crippen LogP contribution in [0.5, 0.6) is 0 Å². The van der Waals surface area contributed by atoms with Gasteiger partial charge in [-0.1, -0.05) is 0 Å². The third-order valence-electron chi connectivity index (χ3n) is 1.44. The summed E-state index contributed by atoms with van der Waals surface area (Å²) in [6.45, 7) is 0.855. The molecule has 84 valence electrons. The van der Waals surface area contributed by atoms with Crippen molar-refractivity contribution in [2.45, 2.75) is 12.8 Å². The molecule has 0 radical (unpaired) electrons. The first-order valence-corrected chi connectivity index (χ1v) is 4.16. The summed E-state index contributed by atoms with van der Waals surface area (Å²) in [5.41, 5.74) is 3.42. The van der Waals surface area contributed by atoms with Crippen LogP contribution in [0.4, 0.5) is 0 Å². The van der Waals surface area contributed by atoms with Crippen LogP contribution in [0.1, 0.15) is 12.8 Å². The minimum absolute atomic E-state index is 0. The van der Waals surface area contributed by atoms with E-state index in [1.165, 1.54) is 7.11 Å². The highest BCUT2D eigenvalue weighted by molar-refractivity contribution is 5.83. The molecule has 5 nitrogen and oxygen atoms in total. The molecule has 6 heteroatoms. The van der Waals surface area contributed by atoms with Gasteiger partial charge >= 0.3 is 5.97 Å². The Bertz CT molecular complexity index is 175. The van der Waals surface area contributed by atoms with Crippen LogP contribution in [0.2, 0.25) is 0 Å². The van der Waals surface area contributed by atoms with Crippen LogP contribution in [0.25, 0.3) is 0 Å². The molecule has 0 aliphatic heterocycles. The molecule has 0 aliphatic carbocycles. The summed E-state index contributed by atoms with van der Waals surface area (Å²) in [7, 11) is 1.53. The molecule has 0 heterocycles. The Morgan fingerprint density at radius 1 is 1.21 bits per heavy atom. The number of hydrogen-bond donors (Lipinski definition) is 1. The Morgan fingerprint density at radius 2 is 1.86 bits per heavy atom. The second kappa shape index (κ2) is 10.4. The number of rotatable bonds is 7. The lowest BCUT2D eigenvalue weighted by Crippen LogP contribution is -3.00. The predicted molar refractivity (Wildman–Crippen MR) is 44.8 cm³/mol. The van der Waals surface area contributed by atoms with Crippen molar-refractivity contribution in [1.29, 1.82) is 0 Å². The summed E-state index contributed by atoms with van der Waals surface area (Å²) in [5.74, 6) is -0.387. The molecule has 0 amide bonds. The Balaban J connectivity index is 0. The van der Waals surface area contributed by atoms with Gasteiger partial charge < -0.3 is 27.6 Å². The molecule has 0 atom stereocenters. The van der Waals surface area contributed by atoms with E-state index in [0.29, 0.717) is 6.61 Å². The average molecular weight is 226 g/mol. The van der Waals surface area contributed by atoms with E-state index in [1.807, 2.05) is 0 Å². The van der Waals surface area contributed by atoms with Crippen molar-refractivity contribution in [3.63, 3.8) is 0 Å². The maximum atomic E-state index is 10.9. The van der Waals surface area contributed by atoms with Crippen molar-refractivity contribution in [1.82, 2.24) is 0 Å². The first-order valence-electron chi connectivity index (χ1n) is 4.16. The number of Topliss-reactive ketones (excluding diaryl/α,β-unsaturated/α-hetero) is 1. The fourth-order valence-corrected chi connectivity index (χ4v) is 0.677. The molecule has 3 N–H and O–H groups in total. The van der Waals surface area contributed by atoms with Crippen LogP contribution in [-0.4, -0.2) is 38.6 Å². The van der Waals surface area contributed by atoms with E-state index in [4.69, 9.17) is 4.74 Å². The lowest BCUT2D eigenvalue weighted by atomic mass is 10.2. The second-order valence-corrected chi connectivity index (χ2v) is 2.50. The van der Waals surface area contributed by atoms with E-state index >= 15 is 0 Å². The van der Waals surface area contributed by atoms with Crippen LogP contribution < -0.4 is 18.1 Å². The number of quaternary nitrogens is 1. The van der Waals surface area contributed by atoms with Gasteiger partial charge in [0, 0.05) is 13.5 Å². The van der Waals surface area contributed by atoms with Crippen LogP contribution in [0.15, 0.2) is 0 Å². The number of esters is 1. The highest BCUT2D eigenvalue weighted by Crippen LogP contribution is 1.93. The fourth-order valence-electron chi connectivity index (χ4n) is 0.677. The standard InChI is InChI=1S/C8H15NO4.ClH/c1-12-4-5-13-8(11)3-2-7(10)6-9;/h2-6,9H2,1H3;1H. The van der Waals surface area contributed by atoms with Crippen LogP contribution in [0.3, 0.4) is 0 Å². The summed E-state index contributed by atoms with van der Waals surface area (Å²) >= 11 is 0. The number of ether oxygens (including phenoxy) is 2. The molecule has 0 aromatic rings. The zero-order valence-electron chi connectivity index (χ0n) is 8.25. The van der Waals surface area contributed by atoms with E-state index in [0.717, 1.165) is 0 Å². The van der Waals surface area contributed by atoms with Gasteiger partial charge in [0.2, 0.25) is 0 Å². The van der Waals surface area contributed by atoms with E-state index in [-0.39, 0.29) is 50.2 Å². The molecule has 0 rings (SSSR count). The predicted octanol–water partition coefficient (Wildman–Crippen LogP) is -4.23. The first-order chi connectivity index (χ1) is 6.20. The molecule has 0 bridgehead atoms. The van der Waals surface area contributed by atoms with Gasteiger partial charge in [0.15, 0.2) is 5.78 Å². The van der Waals surface area contributed by atoms with Gasteiger partial charge in [-0.25, -0.2) is 0 Å². The van der Waals surface area contributed by atoms with Crippen molar-refractivity contribution < 1.29 is 37.2 Å². The Kier molecular flexibility index (Phi) is 11.8. The third-order valence-corrected chi connectivity index (χ3v) is 1.44. The van der Waals surface area contributed by atoms with Crippen molar-refractivity contribution in [2.24, 2.45) is 0 Å². The van der Waals surface area contributed by atoms with Gasteiger partial charge in [0.25, 0.3) is 0 Å². The highest BCUT2D eigenvalue weighted by Gasteiger charge is 2.07. The van der Waals surface area contributed by atoms with Crippen molar-refractivity contribution in [2.75, 3.05) is 26.9 Å². The third kappa shape index (κ3) is 9.44. The molecular weight excluding hydrogens is 210 g/mol. The number of ketones is 1. The Morgan fingerprint density at radius 3 is 2.36 bits per heavy atom. The van der Waals surface area contributed by atoms with Crippen molar-refractivity contribution >= 4 is 11.8 Å². The maximum Gasteiger partial charge on any atom is 0.306 e. The minimum atomic E-state index is -0.362. The molecule has 0 fully saturated rings. The average Bonchev–Trinajstić information content (AvgIpc) is 2.14. The van der Waals surface area contributed by atoms with Gasteiger partial charge in [-0.05, 0) is 0 Å². The maximum absolute atomic E-state index is 10.9. The van der Waals surface area contributed by atoms with E-state index in [9.17, 15) is 9.59 Å². The number of halogens is 1. The largest absolute Gasteiger partial charge is 1.00 e. The molecule has 0 saturated heterocycles. The molecule has 0 aliphatic rings. The normalized spacial score (nSPS) is 9.00. The molecule has 0 saturated carbocycles. The highest BCUT2D eigenvalue weighted by atomic mass is 35.5. The lowest BCUT2D eigenvalue weighted by molar-refractivity contribution is -0.354. The van der Waals surface area contributed by atoms with Crippen molar-refractivity contribution in [3.05, 3.63) is 0 Å². The molecule has 0 spiro atoms.